The van der Waals surface area contributed by atoms with Gasteiger partial charge >= 0.3 is 0 Å². The fourth-order valence-corrected chi connectivity index (χ4v) is 5.12. The van der Waals surface area contributed by atoms with Crippen LogP contribution in [-0.4, -0.2) is 68.3 Å². The van der Waals surface area contributed by atoms with E-state index >= 15 is 4.39 Å². The molecule has 180 valence electrons. The van der Waals surface area contributed by atoms with Crippen LogP contribution in [0.1, 0.15) is 46.1 Å². The van der Waals surface area contributed by atoms with Crippen LogP contribution in [0.2, 0.25) is 0 Å². The molecule has 0 bridgehead atoms. The highest BCUT2D eigenvalue weighted by atomic mass is 19.1. The summed E-state index contributed by atoms with van der Waals surface area (Å²) in [6.07, 6.45) is 5.14. The molecule has 1 aliphatic heterocycles. The normalized spacial score (nSPS) is 17.6. The van der Waals surface area contributed by atoms with Crippen LogP contribution in [0.4, 0.5) is 10.2 Å². The Morgan fingerprint density at radius 2 is 1.97 bits per heavy atom. The van der Waals surface area contributed by atoms with E-state index in [9.17, 15) is 0 Å². The number of aromatic nitrogens is 5. The smallest absolute Gasteiger partial charge is 0.197 e. The molecule has 8 nitrogen and oxygen atoms in total. The summed E-state index contributed by atoms with van der Waals surface area (Å²) in [5, 5.41) is 4.88. The molecule has 1 N–H and O–H groups in total. The van der Waals surface area contributed by atoms with Gasteiger partial charge in [0.25, 0.3) is 0 Å². The highest BCUT2D eigenvalue weighted by Crippen LogP contribution is 2.40. The Morgan fingerprint density at radius 1 is 1.18 bits per heavy atom. The van der Waals surface area contributed by atoms with Crippen LogP contribution < -0.4 is 9.64 Å². The molecule has 5 rings (SSSR count). The van der Waals surface area contributed by atoms with Gasteiger partial charge < -0.3 is 14.6 Å². The van der Waals surface area contributed by atoms with Crippen molar-refractivity contribution in [2.24, 2.45) is 0 Å². The molecule has 4 aromatic rings. The number of anilines is 1. The molecule has 9 heteroatoms. The first-order valence-electron chi connectivity index (χ1n) is 11.9. The van der Waals surface area contributed by atoms with E-state index in [0.29, 0.717) is 34.2 Å². The predicted molar refractivity (Wildman–Crippen MR) is 132 cm³/mol. The number of methoxy groups -OCH3 is 1. The lowest BCUT2D eigenvalue weighted by Gasteiger charge is -2.42. The van der Waals surface area contributed by atoms with Gasteiger partial charge in [0.05, 0.1) is 24.5 Å². The number of fused-ring (bicyclic) bond motifs is 2. The summed E-state index contributed by atoms with van der Waals surface area (Å²) < 4.78 is 23.4. The third kappa shape index (κ3) is 3.58. The summed E-state index contributed by atoms with van der Waals surface area (Å²) in [6.45, 7) is 13.3. The zero-order valence-corrected chi connectivity index (χ0v) is 20.6. The van der Waals surface area contributed by atoms with Crippen molar-refractivity contribution in [2.75, 3.05) is 31.6 Å². The molecule has 1 aliphatic rings. The lowest BCUT2D eigenvalue weighted by Crippen LogP contribution is -2.54. The number of nitrogens with zero attached hydrogens (tertiary/aromatic N) is 6. The minimum absolute atomic E-state index is 0.0844. The summed E-state index contributed by atoms with van der Waals surface area (Å²) >= 11 is 0. The Kier molecular flexibility index (Phi) is 5.67. The zero-order chi connectivity index (χ0) is 24.1. The Balaban J connectivity index is 1.64. The van der Waals surface area contributed by atoms with Crippen molar-refractivity contribution in [3.8, 4) is 17.0 Å². The number of piperazine rings is 1. The SMILES string of the molecule is COc1cc(-c2[nH]c3cnc(N4CCN(C(C)C)CC4C)c(F)c3c2C(C)C)cn2ncnc12. The van der Waals surface area contributed by atoms with E-state index in [2.05, 4.69) is 64.5 Å². The molecule has 34 heavy (non-hydrogen) atoms. The molecule has 0 saturated carbocycles. The van der Waals surface area contributed by atoms with E-state index in [4.69, 9.17) is 4.74 Å². The number of rotatable bonds is 5. The molecule has 0 amide bonds. The first kappa shape index (κ1) is 22.6. The number of aromatic amines is 1. The maximum absolute atomic E-state index is 16.2. The third-order valence-corrected chi connectivity index (χ3v) is 6.89. The van der Waals surface area contributed by atoms with Gasteiger partial charge in [0.2, 0.25) is 0 Å². The minimum Gasteiger partial charge on any atom is -0.493 e. The molecule has 1 atom stereocenters. The van der Waals surface area contributed by atoms with Crippen molar-refractivity contribution in [3.63, 3.8) is 0 Å². The average Bonchev–Trinajstić information content (AvgIpc) is 3.44. The summed E-state index contributed by atoms with van der Waals surface area (Å²) in [6, 6.07) is 2.57. The number of hydrogen-bond acceptors (Lipinski definition) is 6. The van der Waals surface area contributed by atoms with Gasteiger partial charge in [-0.25, -0.2) is 18.9 Å². The van der Waals surface area contributed by atoms with Crippen LogP contribution in [0.15, 0.2) is 24.8 Å². The molecule has 0 aliphatic carbocycles. The van der Waals surface area contributed by atoms with Crippen molar-refractivity contribution >= 4 is 22.4 Å². The fraction of sp³-hybridized carbons (Fsp3) is 0.480. The van der Waals surface area contributed by atoms with Gasteiger partial charge in [-0.2, -0.15) is 5.10 Å². The molecule has 1 fully saturated rings. The van der Waals surface area contributed by atoms with Gasteiger partial charge in [0, 0.05) is 48.9 Å². The summed E-state index contributed by atoms with van der Waals surface area (Å²) in [5.41, 5.74) is 3.95. The van der Waals surface area contributed by atoms with Crippen molar-refractivity contribution < 1.29 is 9.13 Å². The number of halogens is 1. The predicted octanol–water partition coefficient (Wildman–Crippen LogP) is 4.46. The van der Waals surface area contributed by atoms with Gasteiger partial charge in [0.15, 0.2) is 23.0 Å². The van der Waals surface area contributed by atoms with E-state index in [-0.39, 0.29) is 17.8 Å². The van der Waals surface area contributed by atoms with Crippen molar-refractivity contribution in [1.82, 2.24) is 29.5 Å². The van der Waals surface area contributed by atoms with Gasteiger partial charge in [-0.15, -0.1) is 0 Å². The second-order valence-corrected chi connectivity index (χ2v) is 9.71. The summed E-state index contributed by atoms with van der Waals surface area (Å²) in [4.78, 5) is 16.8. The number of ether oxygens (including phenoxy) is 1. The minimum atomic E-state index is -0.262. The topological polar surface area (TPSA) is 74.6 Å². The van der Waals surface area contributed by atoms with Crippen LogP contribution in [0.3, 0.4) is 0 Å². The second-order valence-electron chi connectivity index (χ2n) is 9.71. The Bertz CT molecular complexity index is 1340. The van der Waals surface area contributed by atoms with Crippen LogP contribution in [0, 0.1) is 5.82 Å². The zero-order valence-electron chi connectivity index (χ0n) is 20.6. The lowest BCUT2D eigenvalue weighted by atomic mass is 9.96. The van der Waals surface area contributed by atoms with Crippen molar-refractivity contribution in [2.45, 2.75) is 52.6 Å². The van der Waals surface area contributed by atoms with Crippen LogP contribution in [0.25, 0.3) is 27.8 Å². The van der Waals surface area contributed by atoms with Gasteiger partial charge in [-0.05, 0) is 38.3 Å². The van der Waals surface area contributed by atoms with Gasteiger partial charge in [-0.1, -0.05) is 13.8 Å². The Hall–Kier alpha value is -3.20. The number of hydrogen-bond donors (Lipinski definition) is 1. The van der Waals surface area contributed by atoms with Crippen LogP contribution in [0.5, 0.6) is 5.75 Å². The number of H-pyrrole nitrogens is 1. The molecule has 0 aromatic carbocycles. The third-order valence-electron chi connectivity index (χ3n) is 6.89. The number of nitrogens with one attached hydrogen (secondary N) is 1. The summed E-state index contributed by atoms with van der Waals surface area (Å²) in [7, 11) is 1.61. The van der Waals surface area contributed by atoms with Gasteiger partial charge in [0.1, 0.15) is 6.33 Å². The standard InChI is InChI=1S/C25H32FN7O/c1-14(2)20-21-18(30-23(20)17-9-19(34-6)24-28-13-29-33(24)12-17)10-27-25(22(21)26)32-8-7-31(15(3)4)11-16(32)5/h9-10,12-16,30H,7-8,11H2,1-6H3. The maximum Gasteiger partial charge on any atom is 0.197 e. The Morgan fingerprint density at radius 3 is 2.65 bits per heavy atom. The molecular weight excluding hydrogens is 433 g/mol. The fourth-order valence-electron chi connectivity index (χ4n) is 5.12. The largest absolute Gasteiger partial charge is 0.493 e. The quantitative estimate of drug-likeness (QED) is 0.469. The lowest BCUT2D eigenvalue weighted by molar-refractivity contribution is 0.184. The molecule has 0 spiro atoms. The van der Waals surface area contributed by atoms with Crippen LogP contribution in [-0.2, 0) is 0 Å². The molecule has 1 saturated heterocycles. The van der Waals surface area contributed by atoms with Gasteiger partial charge in [-0.3, -0.25) is 4.90 Å². The molecule has 4 aromatic heterocycles. The highest BCUT2D eigenvalue weighted by molar-refractivity contribution is 5.93. The summed E-state index contributed by atoms with van der Waals surface area (Å²) in [5.74, 6) is 0.864. The highest BCUT2D eigenvalue weighted by Gasteiger charge is 2.30. The first-order valence-corrected chi connectivity index (χ1v) is 11.9. The Labute approximate surface area is 198 Å². The van der Waals surface area contributed by atoms with Crippen molar-refractivity contribution in [3.05, 3.63) is 36.2 Å². The van der Waals surface area contributed by atoms with Crippen molar-refractivity contribution in [1.29, 1.82) is 0 Å². The van der Waals surface area contributed by atoms with E-state index in [1.165, 1.54) is 6.33 Å². The van der Waals surface area contributed by atoms with E-state index in [1.807, 2.05) is 12.3 Å². The van der Waals surface area contributed by atoms with E-state index < -0.39 is 0 Å². The average molecular weight is 466 g/mol. The molecular formula is C25H32FN7O. The number of pyridine rings is 2. The maximum atomic E-state index is 16.2. The molecule has 0 radical (unpaired) electrons. The van der Waals surface area contributed by atoms with E-state index in [1.54, 1.807) is 17.8 Å². The second kappa shape index (κ2) is 8.54. The first-order chi connectivity index (χ1) is 16.3. The monoisotopic (exact) mass is 465 g/mol. The van der Waals surface area contributed by atoms with E-state index in [0.717, 1.165) is 36.5 Å². The molecule has 5 heterocycles. The van der Waals surface area contributed by atoms with Crippen LogP contribution >= 0.6 is 0 Å². The molecule has 1 unspecified atom stereocenters.